The molecular weight excluding hydrogens is 170 g/mol. The first-order valence-electron chi connectivity index (χ1n) is 4.55. The van der Waals surface area contributed by atoms with Crippen molar-refractivity contribution in [3.63, 3.8) is 0 Å². The van der Waals surface area contributed by atoms with Gasteiger partial charge in [-0.25, -0.2) is 0 Å². The fourth-order valence-electron chi connectivity index (χ4n) is 1.90. The van der Waals surface area contributed by atoms with E-state index in [0.29, 0.717) is 5.16 Å². The molecule has 0 amide bonds. The van der Waals surface area contributed by atoms with Crippen LogP contribution in [0.15, 0.2) is 0 Å². The van der Waals surface area contributed by atoms with Crippen LogP contribution in [0.25, 0.3) is 0 Å². The molecule has 0 spiro atoms. The molecule has 0 aromatic rings. The lowest BCUT2D eigenvalue weighted by Crippen LogP contribution is -2.26. The van der Waals surface area contributed by atoms with E-state index in [0.717, 1.165) is 5.92 Å². The topological polar surface area (TPSA) is 0 Å². The Kier molecular flexibility index (Phi) is 3.53. The van der Waals surface area contributed by atoms with Gasteiger partial charge in [-0.3, -0.25) is 0 Å². The SMILES string of the molecule is CC(C)(P=P)C1CCCCC1. The zero-order valence-electron chi connectivity index (χ0n) is 7.56. The molecule has 0 atom stereocenters. The molecule has 1 rings (SSSR count). The lowest BCUT2D eigenvalue weighted by molar-refractivity contribution is 0.303. The lowest BCUT2D eigenvalue weighted by atomic mass is 9.81. The maximum absolute atomic E-state index is 3.63. The molecule has 0 aliphatic heterocycles. The molecule has 64 valence electrons. The monoisotopic (exact) mass is 188 g/mol. The Morgan fingerprint density at radius 3 is 2.18 bits per heavy atom. The zero-order valence-corrected chi connectivity index (χ0v) is 9.45. The van der Waals surface area contributed by atoms with E-state index in [-0.39, 0.29) is 0 Å². The van der Waals surface area contributed by atoms with Crippen molar-refractivity contribution in [2.24, 2.45) is 5.92 Å². The summed E-state index contributed by atoms with van der Waals surface area (Å²) in [5.41, 5.74) is 0. The summed E-state index contributed by atoms with van der Waals surface area (Å²) in [6, 6.07) is 0. The highest BCUT2D eigenvalue weighted by Crippen LogP contribution is 2.41. The highest BCUT2D eigenvalue weighted by atomic mass is 31.7. The van der Waals surface area contributed by atoms with Crippen molar-refractivity contribution in [1.29, 1.82) is 0 Å². The van der Waals surface area contributed by atoms with Crippen LogP contribution in [0.4, 0.5) is 0 Å². The van der Waals surface area contributed by atoms with Crippen molar-refractivity contribution in [3.8, 4) is 0 Å². The standard InChI is InChI=1S/C9H18P2/c1-9(2,11-10)8-6-4-3-5-7-8/h8,10H,3-7H2,1-2H3. The highest BCUT2D eigenvalue weighted by molar-refractivity contribution is 7.75. The Morgan fingerprint density at radius 2 is 1.73 bits per heavy atom. The maximum atomic E-state index is 3.63. The molecule has 0 aromatic heterocycles. The quantitative estimate of drug-likeness (QED) is 0.565. The molecule has 0 saturated heterocycles. The average Bonchev–Trinajstić information content (AvgIpc) is 2.06. The van der Waals surface area contributed by atoms with E-state index >= 15 is 0 Å². The minimum absolute atomic E-state index is 0.497. The fourth-order valence-corrected chi connectivity index (χ4v) is 2.89. The van der Waals surface area contributed by atoms with Crippen molar-refractivity contribution in [1.82, 2.24) is 0 Å². The van der Waals surface area contributed by atoms with E-state index in [2.05, 4.69) is 22.4 Å². The van der Waals surface area contributed by atoms with Crippen LogP contribution in [-0.4, -0.2) is 5.16 Å². The molecule has 0 nitrogen and oxygen atoms in total. The first-order valence-corrected chi connectivity index (χ1v) is 6.79. The molecule has 1 saturated carbocycles. The molecule has 1 aliphatic carbocycles. The summed E-state index contributed by atoms with van der Waals surface area (Å²) in [6.45, 7) is 4.75. The van der Waals surface area contributed by atoms with E-state index in [1.54, 1.807) is 0 Å². The molecule has 1 aliphatic rings. The molecule has 0 bridgehead atoms. The van der Waals surface area contributed by atoms with Crippen molar-refractivity contribution in [2.75, 3.05) is 0 Å². The molecule has 0 aromatic carbocycles. The van der Waals surface area contributed by atoms with Gasteiger partial charge in [0.1, 0.15) is 0 Å². The first-order chi connectivity index (χ1) is 5.17. The minimum Gasteiger partial charge on any atom is -0.0931 e. The van der Waals surface area contributed by atoms with Gasteiger partial charge in [0.15, 0.2) is 0 Å². The van der Waals surface area contributed by atoms with Gasteiger partial charge in [-0.1, -0.05) is 49.5 Å². The molecule has 11 heavy (non-hydrogen) atoms. The van der Waals surface area contributed by atoms with Crippen LogP contribution in [0.1, 0.15) is 46.0 Å². The summed E-state index contributed by atoms with van der Waals surface area (Å²) < 4.78 is 0. The largest absolute Gasteiger partial charge is 0.0931 e. The third kappa shape index (κ3) is 2.53. The molecule has 0 heterocycles. The predicted molar refractivity (Wildman–Crippen MR) is 55.9 cm³/mol. The Labute approximate surface area is 74.0 Å². The smallest absolute Gasteiger partial charge is 0.0131 e. The molecule has 0 N–H and O–H groups in total. The number of hydrogen-bond acceptors (Lipinski definition) is 0. The van der Waals surface area contributed by atoms with E-state index in [4.69, 9.17) is 0 Å². The summed E-state index contributed by atoms with van der Waals surface area (Å²) in [4.78, 5) is 0. The summed E-state index contributed by atoms with van der Waals surface area (Å²) in [7, 11) is 5.01. The third-order valence-electron chi connectivity index (χ3n) is 2.89. The number of rotatable bonds is 2. The Balaban J connectivity index is 2.50. The third-order valence-corrected chi connectivity index (χ3v) is 5.56. The molecular formula is C9H18P2. The normalized spacial score (nSPS) is 22.4. The maximum Gasteiger partial charge on any atom is 0.0131 e. The van der Waals surface area contributed by atoms with E-state index in [1.807, 2.05) is 0 Å². The van der Waals surface area contributed by atoms with Gasteiger partial charge in [-0.05, 0) is 18.8 Å². The summed E-state index contributed by atoms with van der Waals surface area (Å²) in [6.07, 6.45) is 7.27. The first kappa shape index (κ1) is 9.69. The van der Waals surface area contributed by atoms with Gasteiger partial charge in [0.2, 0.25) is 0 Å². The van der Waals surface area contributed by atoms with Gasteiger partial charge in [-0.2, -0.15) is 0 Å². The van der Waals surface area contributed by atoms with Crippen molar-refractivity contribution in [2.45, 2.75) is 51.1 Å². The highest BCUT2D eigenvalue weighted by Gasteiger charge is 2.28. The van der Waals surface area contributed by atoms with Gasteiger partial charge >= 0.3 is 0 Å². The average molecular weight is 188 g/mol. The minimum atomic E-state index is 0.497. The van der Waals surface area contributed by atoms with Crippen molar-refractivity contribution in [3.05, 3.63) is 0 Å². The van der Waals surface area contributed by atoms with E-state index in [9.17, 15) is 0 Å². The van der Waals surface area contributed by atoms with Crippen molar-refractivity contribution < 1.29 is 0 Å². The summed E-state index contributed by atoms with van der Waals surface area (Å²) >= 11 is 0. The fraction of sp³-hybridized carbons (Fsp3) is 1.00. The zero-order chi connectivity index (χ0) is 8.32. The molecule has 0 unspecified atom stereocenters. The second-order valence-corrected chi connectivity index (χ2v) is 6.15. The van der Waals surface area contributed by atoms with Crippen LogP contribution >= 0.6 is 16.4 Å². The van der Waals surface area contributed by atoms with Crippen LogP contribution in [0.2, 0.25) is 0 Å². The lowest BCUT2D eigenvalue weighted by Gasteiger charge is -2.33. The van der Waals surface area contributed by atoms with Crippen LogP contribution in [0, 0.1) is 5.92 Å². The molecule has 2 heteroatoms. The van der Waals surface area contributed by atoms with Gasteiger partial charge < -0.3 is 0 Å². The van der Waals surface area contributed by atoms with Gasteiger partial charge in [0.05, 0.1) is 0 Å². The van der Waals surface area contributed by atoms with Gasteiger partial charge in [0, 0.05) is 5.16 Å². The van der Waals surface area contributed by atoms with Crippen LogP contribution in [-0.2, 0) is 0 Å². The van der Waals surface area contributed by atoms with E-state index < -0.39 is 0 Å². The van der Waals surface area contributed by atoms with Crippen LogP contribution in [0.5, 0.6) is 0 Å². The molecule has 1 fully saturated rings. The number of hydrogen-bond donors (Lipinski definition) is 0. The van der Waals surface area contributed by atoms with Gasteiger partial charge in [-0.15, -0.1) is 0 Å². The van der Waals surface area contributed by atoms with Gasteiger partial charge in [0.25, 0.3) is 0 Å². The summed E-state index contributed by atoms with van der Waals surface area (Å²) in [5.74, 6) is 0.954. The Hall–Kier alpha value is 0.600. The van der Waals surface area contributed by atoms with Crippen LogP contribution in [0.3, 0.4) is 0 Å². The summed E-state index contributed by atoms with van der Waals surface area (Å²) in [5, 5.41) is 0.497. The second-order valence-electron chi connectivity index (χ2n) is 4.10. The van der Waals surface area contributed by atoms with E-state index in [1.165, 1.54) is 40.0 Å². The van der Waals surface area contributed by atoms with Crippen molar-refractivity contribution >= 4 is 16.4 Å². The second kappa shape index (κ2) is 4.01. The Bertz CT molecular complexity index is 134. The predicted octanol–water partition coefficient (Wildman–Crippen LogP) is 4.35. The Morgan fingerprint density at radius 1 is 1.18 bits per heavy atom. The van der Waals surface area contributed by atoms with Crippen LogP contribution < -0.4 is 0 Å². The molecule has 0 radical (unpaired) electrons.